The molecule has 0 aromatic heterocycles. The number of rotatable bonds is 10. The monoisotopic (exact) mass is 321 g/mol. The summed E-state index contributed by atoms with van der Waals surface area (Å²) >= 11 is 0. The Hall–Kier alpha value is -2.04. The van der Waals surface area contributed by atoms with Gasteiger partial charge in [-0.1, -0.05) is 62.9 Å². The highest BCUT2D eigenvalue weighted by molar-refractivity contribution is 5.72. The van der Waals surface area contributed by atoms with Crippen LogP contribution in [-0.2, 0) is 20.9 Å². The fourth-order valence-electron chi connectivity index (χ4n) is 2.26. The van der Waals surface area contributed by atoms with Gasteiger partial charge < -0.3 is 14.8 Å². The normalized spacial score (nSPS) is 11.6. The van der Waals surface area contributed by atoms with Gasteiger partial charge in [0.25, 0.3) is 0 Å². The second-order valence-electron chi connectivity index (χ2n) is 5.53. The van der Waals surface area contributed by atoms with E-state index in [-0.39, 0.29) is 25.0 Å². The van der Waals surface area contributed by atoms with Crippen LogP contribution in [0.25, 0.3) is 0 Å². The van der Waals surface area contributed by atoms with Gasteiger partial charge in [-0.3, -0.25) is 4.79 Å². The lowest BCUT2D eigenvalue weighted by Crippen LogP contribution is -2.37. The van der Waals surface area contributed by atoms with Crippen LogP contribution in [0.3, 0.4) is 0 Å². The van der Waals surface area contributed by atoms with Crippen LogP contribution in [0.4, 0.5) is 4.79 Å². The molecule has 0 spiro atoms. The lowest BCUT2D eigenvalue weighted by atomic mass is 10.0. The largest absolute Gasteiger partial charge is 0.469 e. The summed E-state index contributed by atoms with van der Waals surface area (Å²) in [6.45, 7) is 2.36. The van der Waals surface area contributed by atoms with Crippen LogP contribution in [0.1, 0.15) is 51.0 Å². The van der Waals surface area contributed by atoms with Crippen LogP contribution in [0, 0.1) is 0 Å². The summed E-state index contributed by atoms with van der Waals surface area (Å²) in [5, 5.41) is 2.77. The van der Waals surface area contributed by atoms with Gasteiger partial charge >= 0.3 is 12.1 Å². The van der Waals surface area contributed by atoms with Crippen molar-refractivity contribution < 1.29 is 19.1 Å². The standard InChI is InChI=1S/C18H27NO4/c1-3-4-5-9-12-16(13-17(20)22-2)19-18(21)23-14-15-10-7-6-8-11-15/h6-8,10-11,16H,3-5,9,12-14H2,1-2H3,(H,19,21)/t16-/m0/s1. The van der Waals surface area contributed by atoms with Gasteiger partial charge in [0.15, 0.2) is 0 Å². The number of hydrogen-bond acceptors (Lipinski definition) is 4. The first-order chi connectivity index (χ1) is 11.2. The predicted octanol–water partition coefficient (Wildman–Crippen LogP) is 3.81. The molecular weight excluding hydrogens is 294 g/mol. The number of esters is 1. The van der Waals surface area contributed by atoms with Crippen molar-refractivity contribution >= 4 is 12.1 Å². The summed E-state index contributed by atoms with van der Waals surface area (Å²) in [4.78, 5) is 23.4. The van der Waals surface area contributed by atoms with Gasteiger partial charge in [-0.25, -0.2) is 4.79 Å². The molecule has 0 fully saturated rings. The smallest absolute Gasteiger partial charge is 0.407 e. The lowest BCUT2D eigenvalue weighted by molar-refractivity contribution is -0.141. The minimum absolute atomic E-state index is 0.170. The van der Waals surface area contributed by atoms with E-state index in [9.17, 15) is 9.59 Å². The number of unbranched alkanes of at least 4 members (excludes halogenated alkanes) is 3. The summed E-state index contributed by atoms with van der Waals surface area (Å²) in [6, 6.07) is 9.23. The number of carbonyl (C=O) groups excluding carboxylic acids is 2. The maximum Gasteiger partial charge on any atom is 0.407 e. The van der Waals surface area contributed by atoms with Gasteiger partial charge in [-0.2, -0.15) is 0 Å². The van der Waals surface area contributed by atoms with Gasteiger partial charge in [0.2, 0.25) is 0 Å². The predicted molar refractivity (Wildman–Crippen MR) is 88.9 cm³/mol. The highest BCUT2D eigenvalue weighted by atomic mass is 16.5. The molecule has 1 amide bonds. The number of alkyl carbamates (subject to hydrolysis) is 1. The fraction of sp³-hybridized carbons (Fsp3) is 0.556. The Balaban J connectivity index is 2.40. The summed E-state index contributed by atoms with van der Waals surface area (Å²) < 4.78 is 9.89. The summed E-state index contributed by atoms with van der Waals surface area (Å²) in [5.74, 6) is -0.325. The second kappa shape index (κ2) is 11.5. The molecule has 0 heterocycles. The van der Waals surface area contributed by atoms with Crippen LogP contribution in [-0.4, -0.2) is 25.2 Å². The van der Waals surface area contributed by atoms with Crippen molar-refractivity contribution in [1.29, 1.82) is 0 Å². The van der Waals surface area contributed by atoms with E-state index >= 15 is 0 Å². The molecule has 0 radical (unpaired) electrons. The Bertz CT molecular complexity index is 461. The minimum Gasteiger partial charge on any atom is -0.469 e. The molecule has 0 saturated carbocycles. The molecule has 5 nitrogen and oxygen atoms in total. The van der Waals surface area contributed by atoms with Gasteiger partial charge in [-0.05, 0) is 12.0 Å². The molecule has 1 aromatic rings. The van der Waals surface area contributed by atoms with Gasteiger partial charge in [0.05, 0.1) is 13.5 Å². The van der Waals surface area contributed by atoms with E-state index in [1.54, 1.807) is 0 Å². The zero-order chi connectivity index (χ0) is 16.9. The Morgan fingerprint density at radius 3 is 2.52 bits per heavy atom. The van der Waals surface area contributed by atoms with Crippen molar-refractivity contribution in [3.63, 3.8) is 0 Å². The number of methoxy groups -OCH3 is 1. The average Bonchev–Trinajstić information content (AvgIpc) is 2.57. The molecule has 1 aromatic carbocycles. The average molecular weight is 321 g/mol. The summed E-state index contributed by atoms with van der Waals surface area (Å²) in [7, 11) is 1.35. The molecule has 128 valence electrons. The first-order valence-electron chi connectivity index (χ1n) is 8.19. The second-order valence-corrected chi connectivity index (χ2v) is 5.53. The van der Waals surface area contributed by atoms with Crippen LogP contribution in [0.2, 0.25) is 0 Å². The number of benzene rings is 1. The number of carbonyl (C=O) groups is 2. The minimum atomic E-state index is -0.502. The van der Waals surface area contributed by atoms with Crippen molar-refractivity contribution in [3.8, 4) is 0 Å². The molecule has 0 bridgehead atoms. The van der Waals surface area contributed by atoms with E-state index in [0.717, 1.165) is 37.7 Å². The number of ether oxygens (including phenoxy) is 2. The van der Waals surface area contributed by atoms with Crippen molar-refractivity contribution in [2.75, 3.05) is 7.11 Å². The van der Waals surface area contributed by atoms with Crippen LogP contribution in [0.15, 0.2) is 30.3 Å². The van der Waals surface area contributed by atoms with Gasteiger partial charge in [-0.15, -0.1) is 0 Å². The molecular formula is C18H27NO4. The molecule has 1 atom stereocenters. The topological polar surface area (TPSA) is 64.6 Å². The third kappa shape index (κ3) is 8.86. The maximum atomic E-state index is 11.9. The fourth-order valence-corrected chi connectivity index (χ4v) is 2.26. The number of hydrogen-bond donors (Lipinski definition) is 1. The molecule has 1 N–H and O–H groups in total. The van der Waals surface area contributed by atoms with Crippen LogP contribution >= 0.6 is 0 Å². The van der Waals surface area contributed by atoms with Gasteiger partial charge in [0.1, 0.15) is 6.61 Å². The van der Waals surface area contributed by atoms with Crippen molar-refractivity contribution in [3.05, 3.63) is 35.9 Å². The van der Waals surface area contributed by atoms with E-state index in [2.05, 4.69) is 17.0 Å². The molecule has 0 aliphatic carbocycles. The highest BCUT2D eigenvalue weighted by Crippen LogP contribution is 2.09. The zero-order valence-electron chi connectivity index (χ0n) is 14.0. The molecule has 0 aliphatic heterocycles. The van der Waals surface area contributed by atoms with Crippen molar-refractivity contribution in [1.82, 2.24) is 5.32 Å². The SMILES string of the molecule is CCCCCC[C@@H](CC(=O)OC)NC(=O)OCc1ccccc1. The van der Waals surface area contributed by atoms with Crippen molar-refractivity contribution in [2.45, 2.75) is 58.1 Å². The van der Waals surface area contributed by atoms with E-state index < -0.39 is 6.09 Å². The van der Waals surface area contributed by atoms with Crippen LogP contribution in [0.5, 0.6) is 0 Å². The quantitative estimate of drug-likeness (QED) is 0.525. The Kier molecular flexibility index (Phi) is 9.52. The first-order valence-corrected chi connectivity index (χ1v) is 8.19. The van der Waals surface area contributed by atoms with E-state index in [0.29, 0.717) is 0 Å². The zero-order valence-corrected chi connectivity index (χ0v) is 14.0. The Morgan fingerprint density at radius 1 is 1.13 bits per heavy atom. The summed E-state index contributed by atoms with van der Waals surface area (Å²) in [6.07, 6.45) is 4.78. The molecule has 1 rings (SSSR count). The molecule has 5 heteroatoms. The molecule has 23 heavy (non-hydrogen) atoms. The first kappa shape index (κ1) is 19.0. The van der Waals surface area contributed by atoms with E-state index in [4.69, 9.17) is 4.74 Å². The number of nitrogens with one attached hydrogen (secondary N) is 1. The Labute approximate surface area is 138 Å². The third-order valence-electron chi connectivity index (χ3n) is 3.58. The number of amides is 1. The molecule has 0 unspecified atom stereocenters. The van der Waals surface area contributed by atoms with Gasteiger partial charge in [0, 0.05) is 6.04 Å². The maximum absolute atomic E-state index is 11.9. The van der Waals surface area contributed by atoms with Crippen LogP contribution < -0.4 is 5.32 Å². The highest BCUT2D eigenvalue weighted by Gasteiger charge is 2.17. The van der Waals surface area contributed by atoms with E-state index in [1.807, 2.05) is 30.3 Å². The third-order valence-corrected chi connectivity index (χ3v) is 3.58. The lowest BCUT2D eigenvalue weighted by Gasteiger charge is -2.17. The molecule has 0 saturated heterocycles. The Morgan fingerprint density at radius 2 is 1.87 bits per heavy atom. The van der Waals surface area contributed by atoms with Crippen molar-refractivity contribution in [2.24, 2.45) is 0 Å². The molecule has 0 aliphatic rings. The summed E-state index contributed by atoms with van der Waals surface area (Å²) in [5.41, 5.74) is 0.926. The van der Waals surface area contributed by atoms with E-state index in [1.165, 1.54) is 7.11 Å².